The van der Waals surface area contributed by atoms with Crippen LogP contribution in [0.4, 0.5) is 0 Å². The van der Waals surface area contributed by atoms with E-state index in [1.165, 1.54) is 25.7 Å². The van der Waals surface area contributed by atoms with Crippen molar-refractivity contribution in [2.45, 2.75) is 45.6 Å². The summed E-state index contributed by atoms with van der Waals surface area (Å²) in [5.74, 6) is 0.889. The van der Waals surface area contributed by atoms with Crippen molar-refractivity contribution in [2.24, 2.45) is 17.5 Å². The van der Waals surface area contributed by atoms with Crippen molar-refractivity contribution >= 4 is 5.96 Å². The number of aromatic nitrogens is 2. The lowest BCUT2D eigenvalue weighted by Crippen LogP contribution is -2.43. The van der Waals surface area contributed by atoms with Gasteiger partial charge in [0, 0.05) is 45.6 Å². The van der Waals surface area contributed by atoms with E-state index in [9.17, 15) is 0 Å². The summed E-state index contributed by atoms with van der Waals surface area (Å²) in [7, 11) is 3.71. The number of guanidine groups is 1. The molecular formula is C17H31N5O. The van der Waals surface area contributed by atoms with E-state index in [4.69, 9.17) is 4.74 Å². The van der Waals surface area contributed by atoms with E-state index in [2.05, 4.69) is 27.6 Å². The Labute approximate surface area is 139 Å². The first-order valence-electron chi connectivity index (χ1n) is 8.66. The average Bonchev–Trinajstić information content (AvgIpc) is 3.18. The molecule has 1 aliphatic rings. The smallest absolute Gasteiger partial charge is 0.191 e. The first-order valence-corrected chi connectivity index (χ1v) is 8.66. The Kier molecular flexibility index (Phi) is 6.89. The van der Waals surface area contributed by atoms with Gasteiger partial charge in [0.25, 0.3) is 0 Å². The van der Waals surface area contributed by atoms with Gasteiger partial charge < -0.3 is 15.4 Å². The molecule has 0 radical (unpaired) electrons. The molecule has 6 nitrogen and oxygen atoms in total. The second kappa shape index (κ2) is 8.91. The van der Waals surface area contributed by atoms with Crippen LogP contribution in [0.3, 0.4) is 0 Å². The first-order chi connectivity index (χ1) is 11.2. The molecule has 0 aromatic carbocycles. The van der Waals surface area contributed by atoms with E-state index in [-0.39, 0.29) is 0 Å². The van der Waals surface area contributed by atoms with Gasteiger partial charge in [-0.25, -0.2) is 4.99 Å². The summed E-state index contributed by atoms with van der Waals surface area (Å²) in [5.41, 5.74) is 1.49. The highest BCUT2D eigenvalue weighted by molar-refractivity contribution is 5.79. The predicted molar refractivity (Wildman–Crippen MR) is 93.4 cm³/mol. The third-order valence-electron chi connectivity index (χ3n) is 4.65. The van der Waals surface area contributed by atoms with E-state index in [1.807, 2.05) is 24.1 Å². The van der Waals surface area contributed by atoms with Crippen LogP contribution < -0.4 is 10.6 Å². The molecule has 0 spiro atoms. The van der Waals surface area contributed by atoms with Crippen molar-refractivity contribution in [3.63, 3.8) is 0 Å². The van der Waals surface area contributed by atoms with Crippen LogP contribution in [-0.4, -0.2) is 42.5 Å². The van der Waals surface area contributed by atoms with Crippen molar-refractivity contribution in [1.29, 1.82) is 0 Å². The van der Waals surface area contributed by atoms with Gasteiger partial charge in [0.2, 0.25) is 0 Å². The van der Waals surface area contributed by atoms with Crippen LogP contribution in [0.5, 0.6) is 0 Å². The number of hydrogen-bond donors (Lipinski definition) is 2. The molecule has 0 bridgehead atoms. The maximum Gasteiger partial charge on any atom is 0.191 e. The standard InChI is InChI=1S/C17H31N5O/c1-4-18-16(19-11-15-12-21-22(2)13-15)20-14-17(9-10-23-3)7-5-6-8-17/h12-13H,4-11,14H2,1-3H3,(H2,18,19,20). The molecule has 0 atom stereocenters. The normalized spacial score (nSPS) is 17.4. The number of nitrogens with zero attached hydrogens (tertiary/aromatic N) is 3. The number of nitrogens with one attached hydrogen (secondary N) is 2. The van der Waals surface area contributed by atoms with Crippen molar-refractivity contribution in [2.75, 3.05) is 26.8 Å². The van der Waals surface area contributed by atoms with Crippen LogP contribution in [0.2, 0.25) is 0 Å². The molecule has 2 N–H and O–H groups in total. The van der Waals surface area contributed by atoms with E-state index in [0.717, 1.165) is 37.6 Å². The summed E-state index contributed by atoms with van der Waals surface area (Å²) < 4.78 is 7.12. The van der Waals surface area contributed by atoms with Gasteiger partial charge >= 0.3 is 0 Å². The van der Waals surface area contributed by atoms with Gasteiger partial charge in [0.05, 0.1) is 12.7 Å². The fourth-order valence-electron chi connectivity index (χ4n) is 3.30. The summed E-state index contributed by atoms with van der Waals surface area (Å²) in [5, 5.41) is 11.1. The van der Waals surface area contributed by atoms with Crippen molar-refractivity contribution in [1.82, 2.24) is 20.4 Å². The Morgan fingerprint density at radius 3 is 2.78 bits per heavy atom. The number of hydrogen-bond acceptors (Lipinski definition) is 3. The Hall–Kier alpha value is -1.56. The molecule has 1 aliphatic carbocycles. The molecule has 1 aromatic heterocycles. The number of aliphatic imine (C=N–C) groups is 1. The number of ether oxygens (including phenoxy) is 1. The van der Waals surface area contributed by atoms with Crippen LogP contribution in [0.1, 0.15) is 44.6 Å². The summed E-state index contributed by atoms with van der Waals surface area (Å²) in [4.78, 5) is 4.68. The molecule has 0 amide bonds. The Balaban J connectivity index is 1.92. The van der Waals surface area contributed by atoms with E-state index in [0.29, 0.717) is 12.0 Å². The van der Waals surface area contributed by atoms with Gasteiger partial charge in [-0.2, -0.15) is 5.10 Å². The molecule has 0 saturated heterocycles. The lowest BCUT2D eigenvalue weighted by Gasteiger charge is -2.30. The fourth-order valence-corrected chi connectivity index (χ4v) is 3.30. The largest absolute Gasteiger partial charge is 0.385 e. The molecule has 1 fully saturated rings. The molecule has 6 heteroatoms. The molecule has 130 valence electrons. The average molecular weight is 321 g/mol. The van der Waals surface area contributed by atoms with Gasteiger partial charge in [-0.15, -0.1) is 0 Å². The lowest BCUT2D eigenvalue weighted by molar-refractivity contribution is 0.138. The molecule has 1 saturated carbocycles. The molecule has 2 rings (SSSR count). The monoisotopic (exact) mass is 321 g/mol. The van der Waals surface area contributed by atoms with Gasteiger partial charge in [-0.3, -0.25) is 4.68 Å². The van der Waals surface area contributed by atoms with Crippen LogP contribution in [0.15, 0.2) is 17.4 Å². The molecular weight excluding hydrogens is 290 g/mol. The SMILES string of the molecule is CCNC(=NCc1cnn(C)c1)NCC1(CCOC)CCCC1. The molecule has 1 heterocycles. The number of methoxy groups -OCH3 is 1. The van der Waals surface area contributed by atoms with Gasteiger partial charge in [0.15, 0.2) is 5.96 Å². The van der Waals surface area contributed by atoms with Crippen molar-refractivity contribution < 1.29 is 4.74 Å². The van der Waals surface area contributed by atoms with Crippen LogP contribution in [-0.2, 0) is 18.3 Å². The zero-order chi connectivity index (χ0) is 16.5. The zero-order valence-corrected chi connectivity index (χ0v) is 14.8. The van der Waals surface area contributed by atoms with Gasteiger partial charge in [0.1, 0.15) is 0 Å². The summed E-state index contributed by atoms with van der Waals surface area (Å²) >= 11 is 0. The molecule has 0 aliphatic heterocycles. The minimum absolute atomic E-state index is 0.362. The van der Waals surface area contributed by atoms with Crippen LogP contribution >= 0.6 is 0 Å². The van der Waals surface area contributed by atoms with Crippen molar-refractivity contribution in [3.8, 4) is 0 Å². The molecule has 0 unspecified atom stereocenters. The maximum atomic E-state index is 5.31. The summed E-state index contributed by atoms with van der Waals surface area (Å²) in [6.07, 6.45) is 10.2. The van der Waals surface area contributed by atoms with Gasteiger partial charge in [-0.05, 0) is 31.6 Å². The minimum atomic E-state index is 0.362. The quantitative estimate of drug-likeness (QED) is 0.568. The van der Waals surface area contributed by atoms with E-state index in [1.54, 1.807) is 7.11 Å². The summed E-state index contributed by atoms with van der Waals surface area (Å²) in [6.45, 7) is 5.41. The third-order valence-corrected chi connectivity index (χ3v) is 4.65. The Bertz CT molecular complexity index is 491. The van der Waals surface area contributed by atoms with Crippen molar-refractivity contribution in [3.05, 3.63) is 18.0 Å². The topological polar surface area (TPSA) is 63.5 Å². The highest BCUT2D eigenvalue weighted by atomic mass is 16.5. The molecule has 1 aromatic rings. The van der Waals surface area contributed by atoms with Crippen LogP contribution in [0, 0.1) is 5.41 Å². The summed E-state index contributed by atoms with van der Waals surface area (Å²) in [6, 6.07) is 0. The van der Waals surface area contributed by atoms with E-state index >= 15 is 0 Å². The number of aryl methyl sites for hydroxylation is 1. The second-order valence-corrected chi connectivity index (χ2v) is 6.52. The third kappa shape index (κ3) is 5.53. The second-order valence-electron chi connectivity index (χ2n) is 6.52. The minimum Gasteiger partial charge on any atom is -0.385 e. The Morgan fingerprint density at radius 1 is 1.39 bits per heavy atom. The maximum absolute atomic E-state index is 5.31. The predicted octanol–water partition coefficient (Wildman–Crippen LogP) is 2.07. The lowest BCUT2D eigenvalue weighted by atomic mass is 9.83. The highest BCUT2D eigenvalue weighted by Crippen LogP contribution is 2.40. The van der Waals surface area contributed by atoms with E-state index < -0.39 is 0 Å². The highest BCUT2D eigenvalue weighted by Gasteiger charge is 2.33. The fraction of sp³-hybridized carbons (Fsp3) is 0.765. The van der Waals surface area contributed by atoms with Crippen LogP contribution in [0.25, 0.3) is 0 Å². The Morgan fingerprint density at radius 2 is 2.17 bits per heavy atom. The first kappa shape index (κ1) is 17.8. The molecule has 23 heavy (non-hydrogen) atoms. The number of rotatable bonds is 8. The zero-order valence-electron chi connectivity index (χ0n) is 14.8. The van der Waals surface area contributed by atoms with Gasteiger partial charge in [-0.1, -0.05) is 12.8 Å².